The van der Waals surface area contributed by atoms with Crippen molar-refractivity contribution in [2.24, 2.45) is 0 Å². The van der Waals surface area contributed by atoms with Crippen LogP contribution in [0, 0.1) is 13.8 Å². The Labute approximate surface area is 164 Å². The van der Waals surface area contributed by atoms with Crippen LogP contribution in [0.3, 0.4) is 0 Å². The number of rotatable bonds is 5. The lowest BCUT2D eigenvalue weighted by atomic mass is 9.76. The Morgan fingerprint density at radius 3 is 2.93 bits per heavy atom. The minimum atomic E-state index is -0.783. The largest absolute Gasteiger partial charge is 0.497 e. The summed E-state index contributed by atoms with van der Waals surface area (Å²) in [5, 5.41) is 7.02. The van der Waals surface area contributed by atoms with E-state index in [1.807, 2.05) is 43.0 Å². The average Bonchev–Trinajstić information content (AvgIpc) is 3.35. The van der Waals surface area contributed by atoms with E-state index in [1.54, 1.807) is 7.11 Å². The zero-order valence-electron chi connectivity index (χ0n) is 16.4. The first-order chi connectivity index (χ1) is 13.4. The average molecular weight is 383 g/mol. The number of carbonyl (C=O) groups excluding carboxylic acids is 2. The number of fused-ring (bicyclic) bond motifs is 1. The van der Waals surface area contributed by atoms with Gasteiger partial charge in [0.25, 0.3) is 0 Å². The van der Waals surface area contributed by atoms with Crippen LogP contribution in [0.25, 0.3) is 0 Å². The molecular weight excluding hydrogens is 358 g/mol. The Morgan fingerprint density at radius 2 is 2.25 bits per heavy atom. The summed E-state index contributed by atoms with van der Waals surface area (Å²) < 4.78 is 10.6. The second-order valence-electron chi connectivity index (χ2n) is 7.72. The van der Waals surface area contributed by atoms with Gasteiger partial charge in [-0.3, -0.25) is 9.59 Å². The summed E-state index contributed by atoms with van der Waals surface area (Å²) in [5.41, 5.74) is 1.76. The maximum absolute atomic E-state index is 13.5. The van der Waals surface area contributed by atoms with Gasteiger partial charge in [0.15, 0.2) is 0 Å². The summed E-state index contributed by atoms with van der Waals surface area (Å²) in [5.74, 6) is 1.46. The molecule has 1 N–H and O–H groups in total. The molecule has 2 aliphatic rings. The van der Waals surface area contributed by atoms with Crippen LogP contribution in [0.1, 0.15) is 41.8 Å². The monoisotopic (exact) mass is 383 g/mol. The summed E-state index contributed by atoms with van der Waals surface area (Å²) >= 11 is 0. The van der Waals surface area contributed by atoms with Crippen LogP contribution in [-0.4, -0.2) is 41.6 Å². The molecule has 148 valence electrons. The maximum Gasteiger partial charge on any atom is 0.232 e. The van der Waals surface area contributed by atoms with E-state index in [0.29, 0.717) is 37.4 Å². The Balaban J connectivity index is 1.65. The van der Waals surface area contributed by atoms with Gasteiger partial charge in [0.2, 0.25) is 11.8 Å². The second-order valence-corrected chi connectivity index (χ2v) is 7.72. The fraction of sp³-hybridized carbons (Fsp3) is 0.476. The predicted octanol–water partition coefficient (Wildman–Crippen LogP) is 2.25. The molecule has 7 heteroatoms. The van der Waals surface area contributed by atoms with Crippen molar-refractivity contribution in [1.82, 2.24) is 15.4 Å². The normalized spacial score (nSPS) is 23.8. The lowest BCUT2D eigenvalue weighted by Gasteiger charge is -2.29. The van der Waals surface area contributed by atoms with Crippen LogP contribution in [0.4, 0.5) is 0 Å². The summed E-state index contributed by atoms with van der Waals surface area (Å²) in [6.45, 7) is 4.45. The summed E-state index contributed by atoms with van der Waals surface area (Å²) in [6.07, 6.45) is 2.00. The number of aromatic nitrogens is 1. The van der Waals surface area contributed by atoms with E-state index in [4.69, 9.17) is 9.26 Å². The number of methoxy groups -OCH3 is 1. The van der Waals surface area contributed by atoms with E-state index in [9.17, 15) is 9.59 Å². The quantitative estimate of drug-likeness (QED) is 0.856. The highest BCUT2D eigenvalue weighted by Gasteiger charge is 2.53. The zero-order chi connectivity index (χ0) is 19.9. The highest BCUT2D eigenvalue weighted by molar-refractivity contribution is 5.91. The standard InChI is InChI=1S/C21H25N3O4/c1-13-18(14(2)28-23-13)11-22-20(26)21(15-5-4-6-17(9-15)27-3)10-16-7-8-19(25)24(16)12-21/h4-6,9,16H,7-8,10-12H2,1-3H3,(H,22,26)/t16-,21-/m0/s1. The fourth-order valence-corrected chi connectivity index (χ4v) is 4.50. The van der Waals surface area contributed by atoms with E-state index in [2.05, 4.69) is 10.5 Å². The van der Waals surface area contributed by atoms with Crippen molar-refractivity contribution in [3.05, 3.63) is 46.8 Å². The zero-order valence-corrected chi connectivity index (χ0v) is 16.4. The van der Waals surface area contributed by atoms with E-state index >= 15 is 0 Å². The molecule has 28 heavy (non-hydrogen) atoms. The molecule has 0 saturated carbocycles. The van der Waals surface area contributed by atoms with E-state index in [0.717, 1.165) is 23.2 Å². The Kier molecular flexibility index (Phi) is 4.61. The number of aryl methyl sites for hydroxylation is 2. The molecule has 0 aliphatic carbocycles. The van der Waals surface area contributed by atoms with Gasteiger partial charge < -0.3 is 19.5 Å². The molecule has 2 aliphatic heterocycles. The van der Waals surface area contributed by atoms with Crippen LogP contribution < -0.4 is 10.1 Å². The number of ether oxygens (including phenoxy) is 1. The molecule has 0 bridgehead atoms. The molecule has 1 aromatic heterocycles. The third kappa shape index (κ3) is 2.95. The van der Waals surface area contributed by atoms with Crippen molar-refractivity contribution < 1.29 is 18.8 Å². The van der Waals surface area contributed by atoms with E-state index in [-0.39, 0.29) is 17.9 Å². The van der Waals surface area contributed by atoms with Crippen molar-refractivity contribution >= 4 is 11.8 Å². The molecular formula is C21H25N3O4. The highest BCUT2D eigenvalue weighted by Crippen LogP contribution is 2.43. The molecule has 7 nitrogen and oxygen atoms in total. The SMILES string of the molecule is COc1cccc([C@]2(C(=O)NCc3c(C)noc3C)C[C@@H]3CCC(=O)N3C2)c1. The molecule has 2 amide bonds. The van der Waals surface area contributed by atoms with Crippen molar-refractivity contribution in [3.8, 4) is 5.75 Å². The molecule has 0 radical (unpaired) electrons. The van der Waals surface area contributed by atoms with Gasteiger partial charge >= 0.3 is 0 Å². The molecule has 0 spiro atoms. The lowest BCUT2D eigenvalue weighted by Crippen LogP contribution is -2.46. The van der Waals surface area contributed by atoms with Crippen LogP contribution in [-0.2, 0) is 21.5 Å². The van der Waals surface area contributed by atoms with Gasteiger partial charge in [-0.2, -0.15) is 0 Å². The number of nitrogens with one attached hydrogen (secondary N) is 1. The molecule has 4 rings (SSSR count). The van der Waals surface area contributed by atoms with Crippen LogP contribution in [0.2, 0.25) is 0 Å². The Morgan fingerprint density at radius 1 is 1.43 bits per heavy atom. The van der Waals surface area contributed by atoms with Gasteiger partial charge in [0, 0.05) is 31.1 Å². The number of nitrogens with zero attached hydrogens (tertiary/aromatic N) is 2. The molecule has 3 heterocycles. The number of carbonyl (C=O) groups is 2. The minimum absolute atomic E-state index is 0.0806. The topological polar surface area (TPSA) is 84.7 Å². The van der Waals surface area contributed by atoms with Crippen molar-refractivity contribution in [1.29, 1.82) is 0 Å². The third-order valence-electron chi connectivity index (χ3n) is 6.14. The van der Waals surface area contributed by atoms with Crippen molar-refractivity contribution in [3.63, 3.8) is 0 Å². The van der Waals surface area contributed by atoms with Gasteiger partial charge in [-0.1, -0.05) is 17.3 Å². The second kappa shape index (κ2) is 6.96. The van der Waals surface area contributed by atoms with Crippen molar-refractivity contribution in [2.75, 3.05) is 13.7 Å². The Bertz CT molecular complexity index is 903. The minimum Gasteiger partial charge on any atom is -0.497 e. The first-order valence-electron chi connectivity index (χ1n) is 9.58. The number of benzene rings is 1. The summed E-state index contributed by atoms with van der Waals surface area (Å²) in [7, 11) is 1.61. The van der Waals surface area contributed by atoms with Crippen LogP contribution >= 0.6 is 0 Å². The maximum atomic E-state index is 13.5. The molecule has 2 atom stereocenters. The highest BCUT2D eigenvalue weighted by atomic mass is 16.5. The number of hydrogen-bond donors (Lipinski definition) is 1. The smallest absolute Gasteiger partial charge is 0.232 e. The van der Waals surface area contributed by atoms with Gasteiger partial charge in [-0.15, -0.1) is 0 Å². The van der Waals surface area contributed by atoms with Crippen LogP contribution in [0.15, 0.2) is 28.8 Å². The first kappa shape index (κ1) is 18.5. The lowest BCUT2D eigenvalue weighted by molar-refractivity contribution is -0.129. The van der Waals surface area contributed by atoms with Gasteiger partial charge in [-0.25, -0.2) is 0 Å². The van der Waals surface area contributed by atoms with E-state index < -0.39 is 5.41 Å². The van der Waals surface area contributed by atoms with Gasteiger partial charge in [0.05, 0.1) is 18.2 Å². The van der Waals surface area contributed by atoms with E-state index in [1.165, 1.54) is 0 Å². The molecule has 0 unspecified atom stereocenters. The van der Waals surface area contributed by atoms with Crippen LogP contribution in [0.5, 0.6) is 5.75 Å². The number of hydrogen-bond acceptors (Lipinski definition) is 5. The van der Waals surface area contributed by atoms with Gasteiger partial charge in [0.1, 0.15) is 11.5 Å². The third-order valence-corrected chi connectivity index (χ3v) is 6.14. The fourth-order valence-electron chi connectivity index (χ4n) is 4.50. The molecule has 1 aromatic carbocycles. The predicted molar refractivity (Wildman–Crippen MR) is 102 cm³/mol. The first-order valence-corrected chi connectivity index (χ1v) is 9.58. The summed E-state index contributed by atoms with van der Waals surface area (Å²) in [4.78, 5) is 27.7. The Hall–Kier alpha value is -2.83. The molecule has 2 saturated heterocycles. The molecule has 2 aromatic rings. The summed E-state index contributed by atoms with van der Waals surface area (Å²) in [6, 6.07) is 7.72. The van der Waals surface area contributed by atoms with Gasteiger partial charge in [-0.05, 0) is 44.4 Å². The molecule has 2 fully saturated rings. The number of amides is 2. The van der Waals surface area contributed by atoms with Crippen molar-refractivity contribution in [2.45, 2.75) is 51.1 Å².